The van der Waals surface area contributed by atoms with Crippen LogP contribution in [0.15, 0.2) is 30.5 Å². The molecule has 1 amide bonds. The number of ketones is 1. The number of anilines is 2. The molecular formula is C18H17ClN2O3S. The van der Waals surface area contributed by atoms with Crippen LogP contribution in [0.3, 0.4) is 0 Å². The molecule has 0 spiro atoms. The average molecular weight is 377 g/mol. The van der Waals surface area contributed by atoms with Crippen LogP contribution in [-0.2, 0) is 16.0 Å². The highest BCUT2D eigenvalue weighted by Gasteiger charge is 2.30. The minimum Gasteiger partial charge on any atom is -0.501 e. The van der Waals surface area contributed by atoms with E-state index in [0.717, 1.165) is 10.4 Å². The zero-order valence-corrected chi connectivity index (χ0v) is 15.2. The summed E-state index contributed by atoms with van der Waals surface area (Å²) >= 11 is 7.11. The number of ether oxygens (including phenoxy) is 1. The van der Waals surface area contributed by atoms with Gasteiger partial charge in [0.05, 0.1) is 29.0 Å². The van der Waals surface area contributed by atoms with E-state index in [0.29, 0.717) is 46.3 Å². The summed E-state index contributed by atoms with van der Waals surface area (Å²) in [4.78, 5) is 25.6. The fourth-order valence-electron chi connectivity index (χ4n) is 2.70. The van der Waals surface area contributed by atoms with Crippen molar-refractivity contribution in [1.82, 2.24) is 0 Å². The van der Waals surface area contributed by atoms with Crippen LogP contribution in [0.2, 0.25) is 5.02 Å². The third-order valence-corrected chi connectivity index (χ3v) is 5.22. The first-order chi connectivity index (χ1) is 12.0. The van der Waals surface area contributed by atoms with Crippen molar-refractivity contribution in [3.63, 3.8) is 0 Å². The van der Waals surface area contributed by atoms with Gasteiger partial charge in [-0.15, -0.1) is 11.3 Å². The van der Waals surface area contributed by atoms with Gasteiger partial charge in [0, 0.05) is 22.0 Å². The zero-order chi connectivity index (χ0) is 18.0. The second kappa shape index (κ2) is 7.29. The van der Waals surface area contributed by atoms with Crippen molar-refractivity contribution in [2.45, 2.75) is 19.8 Å². The van der Waals surface area contributed by atoms with E-state index in [2.05, 4.69) is 5.32 Å². The molecule has 1 aromatic carbocycles. The molecule has 2 aromatic rings. The molecule has 0 saturated carbocycles. The van der Waals surface area contributed by atoms with Crippen molar-refractivity contribution >= 4 is 50.9 Å². The van der Waals surface area contributed by atoms with E-state index in [-0.39, 0.29) is 11.7 Å². The Kier molecular flexibility index (Phi) is 5.11. The zero-order valence-electron chi connectivity index (χ0n) is 13.6. The molecule has 0 aliphatic heterocycles. The van der Waals surface area contributed by atoms with Crippen molar-refractivity contribution in [3.05, 3.63) is 51.6 Å². The monoisotopic (exact) mass is 376 g/mol. The number of hydrogen-bond acceptors (Lipinski definition) is 5. The topological polar surface area (TPSA) is 81.4 Å². The molecule has 1 aliphatic carbocycles. The predicted molar refractivity (Wildman–Crippen MR) is 101 cm³/mol. The van der Waals surface area contributed by atoms with Crippen LogP contribution in [0.1, 0.15) is 34.1 Å². The molecular weight excluding hydrogens is 360 g/mol. The number of benzene rings is 1. The van der Waals surface area contributed by atoms with E-state index in [9.17, 15) is 9.59 Å². The van der Waals surface area contributed by atoms with Crippen LogP contribution in [0, 0.1) is 0 Å². The van der Waals surface area contributed by atoms with E-state index in [1.807, 2.05) is 6.92 Å². The number of carbonyl (C=O) groups excluding carboxylic acids is 2. The molecule has 0 saturated heterocycles. The summed E-state index contributed by atoms with van der Waals surface area (Å²) in [5, 5.41) is 3.81. The summed E-state index contributed by atoms with van der Waals surface area (Å²) in [5.74, 6) is -0.283. The van der Waals surface area contributed by atoms with Crippen molar-refractivity contribution in [3.8, 4) is 0 Å². The van der Waals surface area contributed by atoms with Gasteiger partial charge in [-0.3, -0.25) is 9.59 Å². The molecule has 0 unspecified atom stereocenters. The van der Waals surface area contributed by atoms with E-state index >= 15 is 0 Å². The van der Waals surface area contributed by atoms with Gasteiger partial charge in [0.2, 0.25) is 0 Å². The third kappa shape index (κ3) is 3.55. The van der Waals surface area contributed by atoms with Crippen molar-refractivity contribution < 1.29 is 14.3 Å². The number of allylic oxidation sites excluding steroid dienone is 1. The van der Waals surface area contributed by atoms with Gasteiger partial charge in [-0.05, 0) is 43.2 Å². The van der Waals surface area contributed by atoms with Crippen LogP contribution in [0.4, 0.5) is 10.7 Å². The number of hydrogen-bond donors (Lipinski definition) is 2. The maximum Gasteiger partial charge on any atom is 0.258 e. The van der Waals surface area contributed by atoms with Gasteiger partial charge in [0.25, 0.3) is 5.91 Å². The number of halogens is 1. The molecule has 7 heteroatoms. The normalized spacial score (nSPS) is 15.1. The van der Waals surface area contributed by atoms with Gasteiger partial charge < -0.3 is 15.8 Å². The molecule has 25 heavy (non-hydrogen) atoms. The lowest BCUT2D eigenvalue weighted by Gasteiger charge is -2.15. The van der Waals surface area contributed by atoms with Gasteiger partial charge in [-0.25, -0.2) is 0 Å². The summed E-state index contributed by atoms with van der Waals surface area (Å²) in [6, 6.07) is 6.84. The summed E-state index contributed by atoms with van der Waals surface area (Å²) in [6.07, 6.45) is 2.30. The Hall–Kier alpha value is -2.31. The highest BCUT2D eigenvalue weighted by atomic mass is 35.5. The number of nitrogens with one attached hydrogen (secondary N) is 1. The van der Waals surface area contributed by atoms with E-state index in [1.54, 1.807) is 24.3 Å². The molecule has 1 heterocycles. The van der Waals surface area contributed by atoms with E-state index < -0.39 is 0 Å². The Morgan fingerprint density at radius 2 is 2.08 bits per heavy atom. The molecule has 0 fully saturated rings. The van der Waals surface area contributed by atoms with Crippen LogP contribution < -0.4 is 11.1 Å². The number of thiophene rings is 1. The quantitative estimate of drug-likeness (QED) is 0.621. The Bertz CT molecular complexity index is 856. The lowest BCUT2D eigenvalue weighted by Crippen LogP contribution is -2.18. The first-order valence-electron chi connectivity index (χ1n) is 7.84. The summed E-state index contributed by atoms with van der Waals surface area (Å²) in [5.41, 5.74) is 8.45. The Balaban J connectivity index is 1.94. The first-order valence-corrected chi connectivity index (χ1v) is 9.04. The standard InChI is InChI=1S/C18H17ClN2O3S/c1-2-24-9-13-14(22)8-7-12-15(17(20)25-16(12)13)18(23)21-11-5-3-10(19)4-6-11/h3-6,9H,2,7-8,20H2,1H3,(H,21,23). The SMILES string of the molecule is CCOC=C1C(=O)CCc2c1sc(N)c2C(=O)Nc1ccc(Cl)cc1. The number of carbonyl (C=O) groups is 2. The number of amides is 1. The van der Waals surface area contributed by atoms with Crippen LogP contribution in [-0.4, -0.2) is 18.3 Å². The largest absolute Gasteiger partial charge is 0.501 e. The van der Waals surface area contributed by atoms with Crippen molar-refractivity contribution in [2.75, 3.05) is 17.7 Å². The molecule has 0 atom stereocenters. The van der Waals surface area contributed by atoms with Gasteiger partial charge >= 0.3 is 0 Å². The lowest BCUT2D eigenvalue weighted by atomic mass is 9.91. The Morgan fingerprint density at radius 3 is 2.76 bits per heavy atom. The Labute approximate surface area is 154 Å². The molecule has 1 aromatic heterocycles. The summed E-state index contributed by atoms with van der Waals surface area (Å²) in [6.45, 7) is 2.32. The van der Waals surface area contributed by atoms with E-state index in [4.69, 9.17) is 22.1 Å². The van der Waals surface area contributed by atoms with Gasteiger partial charge in [0.15, 0.2) is 5.78 Å². The third-order valence-electron chi connectivity index (χ3n) is 3.88. The van der Waals surface area contributed by atoms with Crippen molar-refractivity contribution in [1.29, 1.82) is 0 Å². The molecule has 3 N–H and O–H groups in total. The number of nitrogens with two attached hydrogens (primary N) is 1. The highest BCUT2D eigenvalue weighted by Crippen LogP contribution is 2.40. The molecule has 3 rings (SSSR count). The summed E-state index contributed by atoms with van der Waals surface area (Å²) < 4.78 is 5.29. The van der Waals surface area contributed by atoms with Crippen LogP contribution in [0.5, 0.6) is 0 Å². The molecule has 1 aliphatic rings. The first kappa shape index (κ1) is 17.5. The number of Topliss-reactive ketones (excluding diaryl/α,β-unsaturated/α-hetero) is 1. The molecule has 0 bridgehead atoms. The fourth-order valence-corrected chi connectivity index (χ4v) is 3.97. The van der Waals surface area contributed by atoms with Crippen LogP contribution in [0.25, 0.3) is 5.57 Å². The summed E-state index contributed by atoms with van der Waals surface area (Å²) in [7, 11) is 0. The number of nitrogen functional groups attached to an aromatic ring is 1. The number of rotatable bonds is 4. The van der Waals surface area contributed by atoms with Crippen LogP contribution >= 0.6 is 22.9 Å². The minimum absolute atomic E-state index is 0.00635. The van der Waals surface area contributed by atoms with E-state index in [1.165, 1.54) is 17.6 Å². The Morgan fingerprint density at radius 1 is 1.36 bits per heavy atom. The molecule has 5 nitrogen and oxygen atoms in total. The fraction of sp³-hybridized carbons (Fsp3) is 0.222. The smallest absolute Gasteiger partial charge is 0.258 e. The number of fused-ring (bicyclic) bond motifs is 1. The lowest BCUT2D eigenvalue weighted by molar-refractivity contribution is -0.114. The van der Waals surface area contributed by atoms with Crippen molar-refractivity contribution in [2.24, 2.45) is 0 Å². The molecule has 130 valence electrons. The van der Waals surface area contributed by atoms with Gasteiger partial charge in [-0.2, -0.15) is 0 Å². The maximum atomic E-state index is 12.7. The second-order valence-corrected chi connectivity index (χ2v) is 7.01. The van der Waals surface area contributed by atoms with Gasteiger partial charge in [-0.1, -0.05) is 11.6 Å². The van der Waals surface area contributed by atoms with Gasteiger partial charge in [0.1, 0.15) is 0 Å². The minimum atomic E-state index is -0.289. The second-order valence-electron chi connectivity index (χ2n) is 5.52. The highest BCUT2D eigenvalue weighted by molar-refractivity contribution is 7.18. The predicted octanol–water partition coefficient (Wildman–Crippen LogP) is 4.13. The molecule has 0 radical (unpaired) electrons. The average Bonchev–Trinajstić information content (AvgIpc) is 2.92. The maximum absolute atomic E-state index is 12.7.